The summed E-state index contributed by atoms with van der Waals surface area (Å²) in [4.78, 5) is 2.25. The molecule has 106 valence electrons. The summed E-state index contributed by atoms with van der Waals surface area (Å²) >= 11 is 0. The molecule has 2 aromatic rings. The summed E-state index contributed by atoms with van der Waals surface area (Å²) < 4.78 is 0. The second-order valence-corrected chi connectivity index (χ2v) is 5.61. The molecule has 0 saturated carbocycles. The fourth-order valence-corrected chi connectivity index (χ4v) is 2.90. The Morgan fingerprint density at radius 3 is 1.70 bits per heavy atom. The fraction of sp³-hybridized carbons (Fsp3) is 0.333. The Morgan fingerprint density at radius 1 is 0.800 bits per heavy atom. The van der Waals surface area contributed by atoms with Crippen LogP contribution in [0, 0.1) is 5.92 Å². The summed E-state index contributed by atoms with van der Waals surface area (Å²) in [7, 11) is 4.23. The first-order chi connectivity index (χ1) is 9.61. The van der Waals surface area contributed by atoms with Gasteiger partial charge in [0.1, 0.15) is 0 Å². The Labute approximate surface area is 122 Å². The van der Waals surface area contributed by atoms with E-state index in [0.29, 0.717) is 12.0 Å². The van der Waals surface area contributed by atoms with E-state index in [1.807, 2.05) is 6.07 Å². The van der Waals surface area contributed by atoms with Crippen molar-refractivity contribution in [2.45, 2.75) is 19.0 Å². The van der Waals surface area contributed by atoms with Gasteiger partial charge in [-0.2, -0.15) is 0 Å². The van der Waals surface area contributed by atoms with Crippen LogP contribution in [0.5, 0.6) is 0 Å². The molecular formula is C18H24N2. The van der Waals surface area contributed by atoms with Crippen LogP contribution in [-0.2, 0) is 0 Å². The van der Waals surface area contributed by atoms with E-state index in [0.717, 1.165) is 0 Å². The standard InChI is InChI=1S/C18H24N2/c1-14(17(19)15-10-6-4-7-11-15)18(20(2)3)16-12-8-5-9-13-16/h4-14,17-18H,19H2,1-3H3/t14-,17-,18-/m1/s1. The highest BCUT2D eigenvalue weighted by atomic mass is 15.1. The van der Waals surface area contributed by atoms with Crippen LogP contribution in [0.2, 0.25) is 0 Å². The van der Waals surface area contributed by atoms with Crippen molar-refractivity contribution in [3.8, 4) is 0 Å². The van der Waals surface area contributed by atoms with Gasteiger partial charge >= 0.3 is 0 Å². The zero-order valence-corrected chi connectivity index (χ0v) is 12.5. The predicted molar refractivity (Wildman–Crippen MR) is 85.4 cm³/mol. The summed E-state index contributed by atoms with van der Waals surface area (Å²) in [5, 5.41) is 0. The van der Waals surface area contributed by atoms with E-state index in [1.54, 1.807) is 0 Å². The summed E-state index contributed by atoms with van der Waals surface area (Å²) in [5.74, 6) is 0.329. The third-order valence-corrected chi connectivity index (χ3v) is 3.95. The molecule has 2 nitrogen and oxygen atoms in total. The van der Waals surface area contributed by atoms with Gasteiger partial charge in [0.2, 0.25) is 0 Å². The van der Waals surface area contributed by atoms with Crippen molar-refractivity contribution < 1.29 is 0 Å². The maximum Gasteiger partial charge on any atom is 0.0385 e. The molecule has 0 unspecified atom stereocenters. The first-order valence-electron chi connectivity index (χ1n) is 7.13. The highest BCUT2D eigenvalue weighted by molar-refractivity contribution is 5.24. The molecular weight excluding hydrogens is 244 g/mol. The Bertz CT molecular complexity index is 507. The lowest BCUT2D eigenvalue weighted by molar-refractivity contribution is 0.200. The molecule has 0 radical (unpaired) electrons. The molecule has 0 heterocycles. The number of benzene rings is 2. The van der Waals surface area contributed by atoms with Crippen LogP contribution < -0.4 is 5.73 Å². The van der Waals surface area contributed by atoms with Gasteiger partial charge in [0, 0.05) is 12.1 Å². The molecule has 3 atom stereocenters. The number of hydrogen-bond acceptors (Lipinski definition) is 2. The smallest absolute Gasteiger partial charge is 0.0385 e. The van der Waals surface area contributed by atoms with E-state index in [-0.39, 0.29) is 6.04 Å². The molecule has 0 spiro atoms. The van der Waals surface area contributed by atoms with E-state index in [2.05, 4.69) is 80.5 Å². The van der Waals surface area contributed by atoms with Crippen molar-refractivity contribution >= 4 is 0 Å². The molecule has 0 saturated heterocycles. The number of nitrogens with zero attached hydrogens (tertiary/aromatic N) is 1. The maximum atomic E-state index is 6.49. The second-order valence-electron chi connectivity index (χ2n) is 5.61. The maximum absolute atomic E-state index is 6.49. The first-order valence-corrected chi connectivity index (χ1v) is 7.13. The van der Waals surface area contributed by atoms with Crippen molar-refractivity contribution in [3.05, 3.63) is 71.8 Å². The summed E-state index contributed by atoms with van der Waals surface area (Å²) in [6.07, 6.45) is 0. The zero-order valence-electron chi connectivity index (χ0n) is 12.5. The Kier molecular flexibility index (Phi) is 4.94. The molecule has 0 aromatic heterocycles. The van der Waals surface area contributed by atoms with Gasteiger partial charge in [-0.3, -0.25) is 0 Å². The van der Waals surface area contributed by atoms with E-state index in [4.69, 9.17) is 5.73 Å². The molecule has 0 bridgehead atoms. The molecule has 20 heavy (non-hydrogen) atoms. The van der Waals surface area contributed by atoms with Gasteiger partial charge < -0.3 is 10.6 Å². The molecule has 2 rings (SSSR count). The van der Waals surface area contributed by atoms with Crippen LogP contribution in [0.4, 0.5) is 0 Å². The second kappa shape index (κ2) is 6.69. The Balaban J connectivity index is 2.26. The van der Waals surface area contributed by atoms with E-state index >= 15 is 0 Å². The van der Waals surface area contributed by atoms with E-state index in [9.17, 15) is 0 Å². The van der Waals surface area contributed by atoms with Crippen LogP contribution in [0.3, 0.4) is 0 Å². The fourth-order valence-electron chi connectivity index (χ4n) is 2.90. The largest absolute Gasteiger partial charge is 0.324 e. The SMILES string of the molecule is C[C@H]([C@@H](N)c1ccccc1)[C@H](c1ccccc1)N(C)C. The highest BCUT2D eigenvalue weighted by Crippen LogP contribution is 2.34. The van der Waals surface area contributed by atoms with Crippen molar-refractivity contribution in [1.29, 1.82) is 0 Å². The minimum absolute atomic E-state index is 0.0313. The van der Waals surface area contributed by atoms with Gasteiger partial charge in [-0.05, 0) is 31.1 Å². The van der Waals surface area contributed by atoms with Gasteiger partial charge in [0.05, 0.1) is 0 Å². The average Bonchev–Trinajstić information content (AvgIpc) is 2.48. The Hall–Kier alpha value is -1.64. The molecule has 2 aromatic carbocycles. The van der Waals surface area contributed by atoms with Crippen molar-refractivity contribution in [2.75, 3.05) is 14.1 Å². The molecule has 0 aliphatic carbocycles. The van der Waals surface area contributed by atoms with Crippen LogP contribution in [0.25, 0.3) is 0 Å². The zero-order chi connectivity index (χ0) is 14.5. The quantitative estimate of drug-likeness (QED) is 0.897. The molecule has 0 aliphatic rings. The molecule has 0 amide bonds. The van der Waals surface area contributed by atoms with Gasteiger partial charge in [-0.1, -0.05) is 67.6 Å². The topological polar surface area (TPSA) is 29.3 Å². The third-order valence-electron chi connectivity index (χ3n) is 3.95. The van der Waals surface area contributed by atoms with Crippen LogP contribution >= 0.6 is 0 Å². The van der Waals surface area contributed by atoms with Crippen molar-refractivity contribution in [3.63, 3.8) is 0 Å². The highest BCUT2D eigenvalue weighted by Gasteiger charge is 2.27. The van der Waals surface area contributed by atoms with Crippen molar-refractivity contribution in [2.24, 2.45) is 11.7 Å². The lowest BCUT2D eigenvalue weighted by Gasteiger charge is -2.34. The third kappa shape index (κ3) is 3.27. The van der Waals surface area contributed by atoms with Crippen LogP contribution in [-0.4, -0.2) is 19.0 Å². The monoisotopic (exact) mass is 268 g/mol. The number of rotatable bonds is 5. The lowest BCUT2D eigenvalue weighted by Crippen LogP contribution is -2.32. The van der Waals surface area contributed by atoms with Gasteiger partial charge in [0.25, 0.3) is 0 Å². The summed E-state index contributed by atoms with van der Waals surface area (Å²) in [6.45, 7) is 2.23. The van der Waals surface area contributed by atoms with E-state index in [1.165, 1.54) is 11.1 Å². The average molecular weight is 268 g/mol. The van der Waals surface area contributed by atoms with Gasteiger partial charge in [0.15, 0.2) is 0 Å². The number of hydrogen-bond donors (Lipinski definition) is 1. The van der Waals surface area contributed by atoms with Crippen molar-refractivity contribution in [1.82, 2.24) is 4.90 Å². The lowest BCUT2D eigenvalue weighted by atomic mass is 9.85. The first kappa shape index (κ1) is 14.8. The molecule has 2 heteroatoms. The molecule has 0 aliphatic heterocycles. The van der Waals surface area contributed by atoms with E-state index < -0.39 is 0 Å². The van der Waals surface area contributed by atoms with Gasteiger partial charge in [-0.15, -0.1) is 0 Å². The van der Waals surface area contributed by atoms with Crippen LogP contribution in [0.15, 0.2) is 60.7 Å². The normalized spacial score (nSPS) is 15.8. The van der Waals surface area contributed by atoms with Crippen LogP contribution in [0.1, 0.15) is 30.1 Å². The minimum atomic E-state index is 0.0313. The number of nitrogens with two attached hydrogens (primary N) is 1. The summed E-state index contributed by atoms with van der Waals surface area (Å²) in [5.41, 5.74) is 9.00. The molecule has 0 fully saturated rings. The Morgan fingerprint density at radius 2 is 1.25 bits per heavy atom. The minimum Gasteiger partial charge on any atom is -0.324 e. The molecule has 2 N–H and O–H groups in total. The predicted octanol–water partition coefficient (Wildman–Crippen LogP) is 3.63. The summed E-state index contributed by atoms with van der Waals surface area (Å²) in [6, 6.07) is 21.3. The van der Waals surface area contributed by atoms with Gasteiger partial charge in [-0.25, -0.2) is 0 Å².